The van der Waals surface area contributed by atoms with Crippen molar-refractivity contribution in [1.82, 2.24) is 20.2 Å². The van der Waals surface area contributed by atoms with E-state index in [0.29, 0.717) is 22.4 Å². The van der Waals surface area contributed by atoms with E-state index in [-0.39, 0.29) is 18.7 Å². The molecule has 0 saturated carbocycles. The monoisotopic (exact) mass is 370 g/mol. The van der Waals surface area contributed by atoms with Gasteiger partial charge in [-0.05, 0) is 48.2 Å². The molecule has 2 heterocycles. The summed E-state index contributed by atoms with van der Waals surface area (Å²) in [6, 6.07) is 7.30. The van der Waals surface area contributed by atoms with Crippen LogP contribution in [-0.4, -0.2) is 25.9 Å². The maximum absolute atomic E-state index is 14.1. The highest BCUT2D eigenvalue weighted by Gasteiger charge is 2.48. The number of aromatic nitrogens is 3. The Balaban J connectivity index is 1.78. The minimum absolute atomic E-state index is 0.0612. The zero-order chi connectivity index (χ0) is 19.2. The summed E-state index contributed by atoms with van der Waals surface area (Å²) < 4.78 is 29.4. The van der Waals surface area contributed by atoms with Gasteiger partial charge in [0.05, 0.1) is 11.1 Å². The largest absolute Gasteiger partial charge is 0.289 e. The number of rotatable bonds is 3. The molecular formula is C19H16F2N4O2. The minimum atomic E-state index is -1.18. The second kappa shape index (κ2) is 6.24. The molecule has 1 aromatic carbocycles. The summed E-state index contributed by atoms with van der Waals surface area (Å²) >= 11 is 0. The number of nitrogens with zero attached hydrogens (tertiary/aromatic N) is 3. The van der Waals surface area contributed by atoms with Gasteiger partial charge in [0.15, 0.2) is 11.6 Å². The van der Waals surface area contributed by atoms with Crippen LogP contribution in [-0.2, 0) is 23.1 Å². The molecule has 27 heavy (non-hydrogen) atoms. The third-order valence-electron chi connectivity index (χ3n) is 5.11. The lowest BCUT2D eigenvalue weighted by molar-refractivity contribution is -0.135. The van der Waals surface area contributed by atoms with Gasteiger partial charge in [-0.1, -0.05) is 12.1 Å². The molecule has 1 amide bonds. The average Bonchev–Trinajstić information content (AvgIpc) is 3.20. The molecule has 2 aromatic heterocycles. The van der Waals surface area contributed by atoms with Gasteiger partial charge in [-0.3, -0.25) is 10.0 Å². The molecule has 0 fully saturated rings. The second-order valence-electron chi connectivity index (χ2n) is 6.64. The first-order chi connectivity index (χ1) is 13.0. The van der Waals surface area contributed by atoms with E-state index in [9.17, 15) is 18.8 Å². The fraction of sp³-hybridized carbons (Fsp3) is 0.211. The molecule has 3 aromatic rings. The van der Waals surface area contributed by atoms with Crippen molar-refractivity contribution in [2.45, 2.75) is 25.2 Å². The molecule has 0 bridgehead atoms. The van der Waals surface area contributed by atoms with Crippen molar-refractivity contribution in [2.24, 2.45) is 0 Å². The lowest BCUT2D eigenvalue weighted by Crippen LogP contribution is -2.45. The number of carbonyl (C=O) groups is 1. The Morgan fingerprint density at radius 1 is 1.22 bits per heavy atom. The van der Waals surface area contributed by atoms with Gasteiger partial charge < -0.3 is 0 Å². The molecule has 8 heteroatoms. The molecule has 1 unspecified atom stereocenters. The van der Waals surface area contributed by atoms with E-state index in [1.807, 2.05) is 0 Å². The molecule has 4 rings (SSSR count). The van der Waals surface area contributed by atoms with E-state index < -0.39 is 23.0 Å². The van der Waals surface area contributed by atoms with E-state index in [1.54, 1.807) is 24.7 Å². The molecule has 6 nitrogen and oxygen atoms in total. The Kier molecular flexibility index (Phi) is 4.00. The third kappa shape index (κ3) is 2.60. The van der Waals surface area contributed by atoms with Crippen LogP contribution >= 0.6 is 0 Å². The Bertz CT molecular complexity index is 1020. The molecule has 138 valence electrons. The van der Waals surface area contributed by atoms with Crippen molar-refractivity contribution in [1.29, 1.82) is 0 Å². The second-order valence-corrected chi connectivity index (χ2v) is 6.64. The number of pyridine rings is 1. The molecule has 2 N–H and O–H groups in total. The Hall–Kier alpha value is -3.13. The molecule has 0 radical (unpaired) electrons. The molecule has 1 aliphatic rings. The summed E-state index contributed by atoms with van der Waals surface area (Å²) in [5.41, 5.74) is 2.65. The smallest absolute Gasteiger partial charge is 0.254 e. The molecule has 1 aliphatic carbocycles. The lowest BCUT2D eigenvalue weighted by atomic mass is 9.75. The van der Waals surface area contributed by atoms with Crippen molar-refractivity contribution in [3.8, 4) is 5.82 Å². The van der Waals surface area contributed by atoms with E-state index >= 15 is 0 Å². The van der Waals surface area contributed by atoms with Crippen LogP contribution in [0.4, 0.5) is 8.78 Å². The quantitative estimate of drug-likeness (QED) is 0.548. The molecular weight excluding hydrogens is 354 g/mol. The number of amides is 1. The number of hydroxylamine groups is 1. The third-order valence-corrected chi connectivity index (χ3v) is 5.11. The van der Waals surface area contributed by atoms with Gasteiger partial charge in [-0.25, -0.2) is 23.9 Å². The van der Waals surface area contributed by atoms with Gasteiger partial charge in [0, 0.05) is 18.8 Å². The van der Waals surface area contributed by atoms with E-state index in [1.165, 1.54) is 35.1 Å². The van der Waals surface area contributed by atoms with Crippen LogP contribution < -0.4 is 5.48 Å². The highest BCUT2D eigenvalue weighted by molar-refractivity contribution is 5.89. The summed E-state index contributed by atoms with van der Waals surface area (Å²) in [4.78, 5) is 16.6. The van der Waals surface area contributed by atoms with Gasteiger partial charge in [0.1, 0.15) is 5.82 Å². The van der Waals surface area contributed by atoms with Gasteiger partial charge in [-0.2, -0.15) is 5.10 Å². The van der Waals surface area contributed by atoms with Crippen LogP contribution in [0.2, 0.25) is 0 Å². The van der Waals surface area contributed by atoms with Gasteiger partial charge in [0.25, 0.3) is 5.91 Å². The fourth-order valence-electron chi connectivity index (χ4n) is 3.78. The molecule has 1 atom stereocenters. The number of hydrogen-bond donors (Lipinski definition) is 2. The summed E-state index contributed by atoms with van der Waals surface area (Å²) in [6.45, 7) is 1.59. The maximum Gasteiger partial charge on any atom is 0.254 e. The Labute approximate surface area is 153 Å². The summed E-state index contributed by atoms with van der Waals surface area (Å²) in [5.74, 6) is -1.52. The predicted molar refractivity (Wildman–Crippen MR) is 91.5 cm³/mol. The van der Waals surface area contributed by atoms with Gasteiger partial charge >= 0.3 is 0 Å². The summed E-state index contributed by atoms with van der Waals surface area (Å²) in [5, 5.41) is 13.7. The number of hydrogen-bond acceptors (Lipinski definition) is 4. The van der Waals surface area contributed by atoms with Crippen LogP contribution in [0.1, 0.15) is 22.4 Å². The van der Waals surface area contributed by atoms with Crippen LogP contribution in [0.5, 0.6) is 0 Å². The van der Waals surface area contributed by atoms with Crippen molar-refractivity contribution in [2.75, 3.05) is 0 Å². The first-order valence-corrected chi connectivity index (χ1v) is 8.35. The zero-order valence-electron chi connectivity index (χ0n) is 14.4. The first kappa shape index (κ1) is 17.3. The van der Waals surface area contributed by atoms with Crippen LogP contribution in [0.25, 0.3) is 5.82 Å². The highest BCUT2D eigenvalue weighted by atomic mass is 19.1. The normalized spacial score (nSPS) is 18.4. The van der Waals surface area contributed by atoms with Crippen LogP contribution in [0.3, 0.4) is 0 Å². The SMILES string of the molecule is Cc1c(F)cccc1C1(C(=O)NO)Cc2cn(-c3ncccc3F)nc2C1. The summed E-state index contributed by atoms with van der Waals surface area (Å²) in [7, 11) is 0. The van der Waals surface area contributed by atoms with Crippen molar-refractivity contribution < 1.29 is 18.8 Å². The van der Waals surface area contributed by atoms with Crippen LogP contribution in [0, 0.1) is 18.6 Å². The Morgan fingerprint density at radius 3 is 2.70 bits per heavy atom. The first-order valence-electron chi connectivity index (χ1n) is 8.35. The predicted octanol–water partition coefficient (Wildman–Crippen LogP) is 2.40. The molecule has 0 spiro atoms. The van der Waals surface area contributed by atoms with Crippen molar-refractivity contribution in [3.05, 3.63) is 76.7 Å². The number of benzene rings is 1. The standard InChI is InChI=1S/C19H16F2N4O2/c1-11-13(4-2-5-14(11)20)19(18(26)24-27)8-12-10-25(23-16(12)9-19)17-15(21)6-3-7-22-17/h2-7,10,27H,8-9H2,1H3,(H,24,26). The molecule has 0 saturated heterocycles. The lowest BCUT2D eigenvalue weighted by Gasteiger charge is -2.28. The van der Waals surface area contributed by atoms with Gasteiger partial charge in [0.2, 0.25) is 0 Å². The van der Waals surface area contributed by atoms with E-state index in [4.69, 9.17) is 0 Å². The van der Waals surface area contributed by atoms with Crippen molar-refractivity contribution >= 4 is 5.91 Å². The summed E-state index contributed by atoms with van der Waals surface area (Å²) in [6.07, 6.45) is 3.43. The average molecular weight is 370 g/mol. The number of carbonyl (C=O) groups excluding carboxylic acids is 1. The van der Waals surface area contributed by atoms with Gasteiger partial charge in [-0.15, -0.1) is 0 Å². The maximum atomic E-state index is 14.1. The van der Waals surface area contributed by atoms with Crippen LogP contribution in [0.15, 0.2) is 42.7 Å². The number of halogens is 2. The zero-order valence-corrected chi connectivity index (χ0v) is 14.4. The van der Waals surface area contributed by atoms with E-state index in [0.717, 1.165) is 0 Å². The molecule has 0 aliphatic heterocycles. The topological polar surface area (TPSA) is 80.0 Å². The minimum Gasteiger partial charge on any atom is -0.289 e. The Morgan fingerprint density at radius 2 is 2.00 bits per heavy atom. The van der Waals surface area contributed by atoms with E-state index in [2.05, 4.69) is 10.1 Å². The van der Waals surface area contributed by atoms with Crippen molar-refractivity contribution in [3.63, 3.8) is 0 Å². The number of fused-ring (bicyclic) bond motifs is 1. The highest BCUT2D eigenvalue weighted by Crippen LogP contribution is 2.41. The fourth-order valence-corrected chi connectivity index (χ4v) is 3.78. The number of nitrogens with one attached hydrogen (secondary N) is 1.